The number of hydrogen-bond acceptors (Lipinski definition) is 4. The molecule has 4 heteroatoms. The van der Waals surface area contributed by atoms with Crippen LogP contribution in [0.15, 0.2) is 24.3 Å². The molecular weight excluding hydrogens is 252 g/mol. The van der Waals surface area contributed by atoms with E-state index < -0.39 is 6.10 Å². The van der Waals surface area contributed by atoms with E-state index in [1.54, 1.807) is 24.3 Å². The smallest absolute Gasteiger partial charge is 0.120 e. The van der Waals surface area contributed by atoms with E-state index in [4.69, 9.17) is 10.00 Å². The van der Waals surface area contributed by atoms with Crippen molar-refractivity contribution in [1.82, 2.24) is 4.90 Å². The van der Waals surface area contributed by atoms with Crippen molar-refractivity contribution in [3.63, 3.8) is 0 Å². The van der Waals surface area contributed by atoms with E-state index in [1.807, 2.05) is 7.05 Å². The second-order valence-corrected chi connectivity index (χ2v) is 6.36. The van der Waals surface area contributed by atoms with E-state index in [-0.39, 0.29) is 12.0 Å². The summed E-state index contributed by atoms with van der Waals surface area (Å²) in [7, 11) is 1.99. The third-order valence-corrected chi connectivity index (χ3v) is 2.67. The lowest BCUT2D eigenvalue weighted by Crippen LogP contribution is -2.37. The van der Waals surface area contributed by atoms with Gasteiger partial charge < -0.3 is 14.7 Å². The summed E-state index contributed by atoms with van der Waals surface area (Å²) in [5.74, 6) is 0.613. The number of likely N-dealkylation sites (N-methyl/N-ethyl adjacent to an activating group) is 1. The molecule has 110 valence electrons. The Morgan fingerprint density at radius 2 is 2.10 bits per heavy atom. The fourth-order valence-electron chi connectivity index (χ4n) is 2.13. The predicted molar refractivity (Wildman–Crippen MR) is 79.6 cm³/mol. The Morgan fingerprint density at radius 3 is 2.70 bits per heavy atom. The summed E-state index contributed by atoms with van der Waals surface area (Å²) in [5.41, 5.74) is 0.762. The zero-order chi connectivity index (χ0) is 15.2. The van der Waals surface area contributed by atoms with Gasteiger partial charge in [0.1, 0.15) is 18.5 Å². The molecule has 1 rings (SSSR count). The number of rotatable bonds is 6. The molecular formula is C16H24N2O2. The molecule has 0 spiro atoms. The summed E-state index contributed by atoms with van der Waals surface area (Å²) in [6.45, 7) is 8.20. The van der Waals surface area contributed by atoms with Crippen molar-refractivity contribution in [2.75, 3.05) is 26.7 Å². The Kier molecular flexibility index (Phi) is 6.00. The summed E-state index contributed by atoms with van der Waals surface area (Å²) in [5, 5.41) is 18.8. The van der Waals surface area contributed by atoms with Crippen molar-refractivity contribution in [1.29, 1.82) is 5.26 Å². The highest BCUT2D eigenvalue weighted by Crippen LogP contribution is 2.15. The first-order chi connectivity index (χ1) is 9.30. The van der Waals surface area contributed by atoms with Crippen molar-refractivity contribution in [2.24, 2.45) is 5.41 Å². The minimum atomic E-state index is -0.548. The molecule has 0 heterocycles. The van der Waals surface area contributed by atoms with Gasteiger partial charge in [-0.3, -0.25) is 0 Å². The molecule has 0 radical (unpaired) electrons. The summed E-state index contributed by atoms with van der Waals surface area (Å²) < 4.78 is 5.51. The molecule has 0 saturated carbocycles. The first kappa shape index (κ1) is 16.5. The van der Waals surface area contributed by atoms with Gasteiger partial charge in [-0.2, -0.15) is 5.26 Å². The first-order valence-corrected chi connectivity index (χ1v) is 6.80. The van der Waals surface area contributed by atoms with Gasteiger partial charge in [0.25, 0.3) is 0 Å². The third kappa shape index (κ3) is 6.55. The minimum Gasteiger partial charge on any atom is -0.491 e. The lowest BCUT2D eigenvalue weighted by Gasteiger charge is -2.28. The van der Waals surface area contributed by atoms with Gasteiger partial charge >= 0.3 is 0 Å². The molecule has 1 N–H and O–H groups in total. The Hall–Kier alpha value is -1.57. The van der Waals surface area contributed by atoms with Crippen LogP contribution >= 0.6 is 0 Å². The van der Waals surface area contributed by atoms with Crippen LogP contribution in [0.5, 0.6) is 5.75 Å². The molecule has 0 aromatic heterocycles. The summed E-state index contributed by atoms with van der Waals surface area (Å²) in [6.07, 6.45) is -0.548. The average molecular weight is 276 g/mol. The molecule has 1 aromatic carbocycles. The number of nitrogens with zero attached hydrogens (tertiary/aromatic N) is 2. The summed E-state index contributed by atoms with van der Waals surface area (Å²) in [4.78, 5) is 2.10. The minimum absolute atomic E-state index is 0.205. The molecule has 0 aliphatic carbocycles. The Balaban J connectivity index is 2.39. The quantitative estimate of drug-likeness (QED) is 0.866. The number of nitriles is 1. The third-order valence-electron chi connectivity index (χ3n) is 2.67. The molecule has 0 fully saturated rings. The maximum absolute atomic E-state index is 9.97. The monoisotopic (exact) mass is 276 g/mol. The van der Waals surface area contributed by atoms with E-state index in [1.165, 1.54) is 0 Å². The van der Waals surface area contributed by atoms with Crippen molar-refractivity contribution in [3.8, 4) is 11.8 Å². The molecule has 0 aliphatic rings. The van der Waals surface area contributed by atoms with Gasteiger partial charge in [-0.1, -0.05) is 26.8 Å². The average Bonchev–Trinajstić information content (AvgIpc) is 2.34. The molecule has 1 atom stereocenters. The van der Waals surface area contributed by atoms with Crippen LogP contribution < -0.4 is 4.74 Å². The lowest BCUT2D eigenvalue weighted by molar-refractivity contribution is 0.0667. The van der Waals surface area contributed by atoms with E-state index in [0.29, 0.717) is 17.9 Å². The zero-order valence-electron chi connectivity index (χ0n) is 12.8. The molecule has 20 heavy (non-hydrogen) atoms. The molecule has 0 aliphatic heterocycles. The number of aliphatic hydroxyl groups is 1. The van der Waals surface area contributed by atoms with Crippen molar-refractivity contribution in [2.45, 2.75) is 26.9 Å². The van der Waals surface area contributed by atoms with Crippen LogP contribution in [-0.4, -0.2) is 42.9 Å². The highest BCUT2D eigenvalue weighted by molar-refractivity contribution is 5.36. The van der Waals surface area contributed by atoms with Crippen LogP contribution in [0, 0.1) is 16.7 Å². The van der Waals surface area contributed by atoms with Crippen LogP contribution in [0.1, 0.15) is 26.3 Å². The van der Waals surface area contributed by atoms with Gasteiger partial charge in [-0.15, -0.1) is 0 Å². The van der Waals surface area contributed by atoms with Crippen molar-refractivity contribution < 1.29 is 9.84 Å². The Labute approximate surface area is 121 Å². The van der Waals surface area contributed by atoms with Crippen molar-refractivity contribution in [3.05, 3.63) is 29.8 Å². The van der Waals surface area contributed by atoms with Crippen LogP contribution in [0.3, 0.4) is 0 Å². The highest BCUT2D eigenvalue weighted by atomic mass is 16.5. The van der Waals surface area contributed by atoms with Gasteiger partial charge in [-0.25, -0.2) is 0 Å². The maximum Gasteiger partial charge on any atom is 0.120 e. The number of aliphatic hydroxyl groups excluding tert-OH is 1. The number of hydrogen-bond donors (Lipinski definition) is 1. The van der Waals surface area contributed by atoms with Gasteiger partial charge in [0.05, 0.1) is 11.6 Å². The second kappa shape index (κ2) is 7.28. The summed E-state index contributed by atoms with van der Waals surface area (Å²) >= 11 is 0. The SMILES string of the molecule is CN(CC(O)COc1cccc(C#N)c1)CC(C)(C)C. The normalized spacial score (nSPS) is 13.1. The zero-order valence-corrected chi connectivity index (χ0v) is 12.8. The van der Waals surface area contributed by atoms with Gasteiger partial charge in [-0.05, 0) is 30.7 Å². The predicted octanol–water partition coefficient (Wildman–Crippen LogP) is 2.28. The van der Waals surface area contributed by atoms with Gasteiger partial charge in [0.15, 0.2) is 0 Å². The van der Waals surface area contributed by atoms with Crippen LogP contribution in [0.4, 0.5) is 0 Å². The Bertz CT molecular complexity index is 460. The molecule has 0 amide bonds. The van der Waals surface area contributed by atoms with Crippen LogP contribution in [0.2, 0.25) is 0 Å². The topological polar surface area (TPSA) is 56.5 Å². The molecule has 0 saturated heterocycles. The van der Waals surface area contributed by atoms with Gasteiger partial charge in [0.2, 0.25) is 0 Å². The fraction of sp³-hybridized carbons (Fsp3) is 0.562. The lowest BCUT2D eigenvalue weighted by atomic mass is 9.96. The van der Waals surface area contributed by atoms with Crippen LogP contribution in [-0.2, 0) is 0 Å². The molecule has 0 bridgehead atoms. The van der Waals surface area contributed by atoms with E-state index in [9.17, 15) is 5.11 Å². The second-order valence-electron chi connectivity index (χ2n) is 6.36. The van der Waals surface area contributed by atoms with E-state index >= 15 is 0 Å². The molecule has 4 nitrogen and oxygen atoms in total. The first-order valence-electron chi connectivity index (χ1n) is 6.80. The van der Waals surface area contributed by atoms with E-state index in [0.717, 1.165) is 6.54 Å². The van der Waals surface area contributed by atoms with Gasteiger partial charge in [0, 0.05) is 13.1 Å². The maximum atomic E-state index is 9.97. The Morgan fingerprint density at radius 1 is 1.40 bits per heavy atom. The molecule has 1 unspecified atom stereocenters. The largest absolute Gasteiger partial charge is 0.491 e. The number of ether oxygens (including phenoxy) is 1. The molecule has 1 aromatic rings. The summed E-state index contributed by atoms with van der Waals surface area (Å²) in [6, 6.07) is 9.01. The highest BCUT2D eigenvalue weighted by Gasteiger charge is 2.16. The number of benzene rings is 1. The van der Waals surface area contributed by atoms with Crippen molar-refractivity contribution >= 4 is 0 Å². The van der Waals surface area contributed by atoms with E-state index in [2.05, 4.69) is 31.7 Å². The fourth-order valence-corrected chi connectivity index (χ4v) is 2.13. The standard InChI is InChI=1S/C16H24N2O2/c1-16(2,3)12-18(4)10-14(19)11-20-15-7-5-6-13(8-15)9-17/h5-8,14,19H,10-12H2,1-4H3. The van der Waals surface area contributed by atoms with Crippen LogP contribution in [0.25, 0.3) is 0 Å².